The monoisotopic (exact) mass is 244 g/mol. The highest BCUT2D eigenvalue weighted by atomic mass is 32.2. The zero-order valence-electron chi connectivity index (χ0n) is 8.93. The van der Waals surface area contributed by atoms with Crippen LogP contribution in [-0.2, 0) is 5.75 Å². The molecule has 0 atom stereocenters. The molecule has 0 amide bonds. The predicted octanol–water partition coefficient (Wildman–Crippen LogP) is 3.38. The first-order chi connectivity index (χ1) is 8.31. The molecule has 0 radical (unpaired) electrons. The number of halogens is 1. The van der Waals surface area contributed by atoms with Gasteiger partial charge >= 0.3 is 0 Å². The van der Waals surface area contributed by atoms with Gasteiger partial charge in [0.25, 0.3) is 0 Å². The van der Waals surface area contributed by atoms with Gasteiger partial charge in [0.05, 0.1) is 0 Å². The number of benzene rings is 1. The van der Waals surface area contributed by atoms with Crippen molar-refractivity contribution in [2.75, 3.05) is 0 Å². The minimum Gasteiger partial charge on any atom is -0.243 e. The quantitative estimate of drug-likeness (QED) is 0.776. The zero-order chi connectivity index (χ0) is 12.1. The van der Waals surface area contributed by atoms with Crippen LogP contribution >= 0.6 is 11.8 Å². The Labute approximate surface area is 103 Å². The van der Waals surface area contributed by atoms with Crippen LogP contribution in [-0.4, -0.2) is 4.98 Å². The summed E-state index contributed by atoms with van der Waals surface area (Å²) in [5, 5.41) is 8.67. The van der Waals surface area contributed by atoms with E-state index < -0.39 is 5.82 Å². The average molecular weight is 244 g/mol. The molecule has 2 aromatic rings. The molecule has 0 N–H and O–H groups in total. The summed E-state index contributed by atoms with van der Waals surface area (Å²) in [5.74, 6) is 0.142. The molecule has 1 aromatic heterocycles. The van der Waals surface area contributed by atoms with E-state index in [2.05, 4.69) is 4.98 Å². The molecule has 1 aromatic carbocycles. The second-order valence-electron chi connectivity index (χ2n) is 3.36. The summed E-state index contributed by atoms with van der Waals surface area (Å²) in [6.07, 6.45) is 1.45. The van der Waals surface area contributed by atoms with E-state index in [4.69, 9.17) is 5.26 Å². The van der Waals surface area contributed by atoms with Gasteiger partial charge in [-0.2, -0.15) is 5.26 Å². The molecule has 17 heavy (non-hydrogen) atoms. The SMILES string of the molecule is N#Cc1nccc(SCc2ccccc2)c1F. The second kappa shape index (κ2) is 5.46. The summed E-state index contributed by atoms with van der Waals surface area (Å²) in [6.45, 7) is 0. The van der Waals surface area contributed by atoms with Gasteiger partial charge in [-0.3, -0.25) is 0 Å². The minimum atomic E-state index is -0.532. The third kappa shape index (κ3) is 2.83. The fraction of sp³-hybridized carbons (Fsp3) is 0.0769. The Balaban J connectivity index is 2.13. The third-order valence-corrected chi connectivity index (χ3v) is 3.30. The molecule has 0 aliphatic rings. The number of thioether (sulfide) groups is 1. The van der Waals surface area contributed by atoms with E-state index in [-0.39, 0.29) is 5.69 Å². The van der Waals surface area contributed by atoms with Crippen molar-refractivity contribution in [1.29, 1.82) is 5.26 Å². The van der Waals surface area contributed by atoms with Gasteiger partial charge in [-0.05, 0) is 11.6 Å². The number of rotatable bonds is 3. The van der Waals surface area contributed by atoms with E-state index in [9.17, 15) is 4.39 Å². The van der Waals surface area contributed by atoms with Crippen LogP contribution in [0, 0.1) is 17.1 Å². The summed E-state index contributed by atoms with van der Waals surface area (Å²) in [5.41, 5.74) is 0.968. The van der Waals surface area contributed by atoms with Crippen LogP contribution in [0.3, 0.4) is 0 Å². The van der Waals surface area contributed by atoms with Crippen molar-refractivity contribution in [2.45, 2.75) is 10.6 Å². The van der Waals surface area contributed by atoms with E-state index in [0.29, 0.717) is 10.6 Å². The lowest BCUT2D eigenvalue weighted by molar-refractivity contribution is 0.590. The van der Waals surface area contributed by atoms with E-state index in [0.717, 1.165) is 5.56 Å². The molecule has 1 heterocycles. The lowest BCUT2D eigenvalue weighted by Gasteiger charge is -2.03. The normalized spacial score (nSPS) is 9.88. The molecule has 0 saturated heterocycles. The largest absolute Gasteiger partial charge is 0.243 e. The third-order valence-electron chi connectivity index (χ3n) is 2.20. The number of nitrogens with zero attached hydrogens (tertiary/aromatic N) is 2. The van der Waals surface area contributed by atoms with Crippen molar-refractivity contribution in [1.82, 2.24) is 4.98 Å². The Morgan fingerprint density at radius 3 is 2.71 bits per heavy atom. The highest BCUT2D eigenvalue weighted by Gasteiger charge is 2.09. The van der Waals surface area contributed by atoms with Gasteiger partial charge in [-0.15, -0.1) is 11.8 Å². The first-order valence-corrected chi connectivity index (χ1v) is 6.01. The minimum absolute atomic E-state index is 0.150. The van der Waals surface area contributed by atoms with Crippen LogP contribution in [0.2, 0.25) is 0 Å². The maximum atomic E-state index is 13.7. The van der Waals surface area contributed by atoms with Crippen LogP contribution in [0.4, 0.5) is 4.39 Å². The van der Waals surface area contributed by atoms with Gasteiger partial charge in [0, 0.05) is 16.8 Å². The van der Waals surface area contributed by atoms with Crippen LogP contribution in [0.25, 0.3) is 0 Å². The fourth-order valence-corrected chi connectivity index (χ4v) is 2.25. The first kappa shape index (κ1) is 11.6. The summed E-state index contributed by atoms with van der Waals surface area (Å²) in [7, 11) is 0. The Morgan fingerprint density at radius 2 is 2.00 bits per heavy atom. The lowest BCUT2D eigenvalue weighted by Crippen LogP contribution is -1.91. The van der Waals surface area contributed by atoms with Crippen molar-refractivity contribution in [3.8, 4) is 6.07 Å². The van der Waals surface area contributed by atoms with Crippen molar-refractivity contribution in [3.63, 3.8) is 0 Å². The van der Waals surface area contributed by atoms with Gasteiger partial charge < -0.3 is 0 Å². The molecule has 4 heteroatoms. The second-order valence-corrected chi connectivity index (χ2v) is 4.37. The molecule has 84 valence electrons. The summed E-state index contributed by atoms with van der Waals surface area (Å²) in [4.78, 5) is 4.12. The molecule has 0 saturated carbocycles. The number of hydrogen-bond acceptors (Lipinski definition) is 3. The standard InChI is InChI=1S/C13H9FN2S/c14-13-11(8-15)16-7-6-12(13)17-9-10-4-2-1-3-5-10/h1-7H,9H2. The van der Waals surface area contributed by atoms with Gasteiger partial charge in [-0.1, -0.05) is 30.3 Å². The molecular weight excluding hydrogens is 235 g/mol. The van der Waals surface area contributed by atoms with Crippen LogP contribution in [0.15, 0.2) is 47.5 Å². The number of aromatic nitrogens is 1. The molecule has 0 aliphatic heterocycles. The lowest BCUT2D eigenvalue weighted by atomic mass is 10.2. The summed E-state index contributed by atoms with van der Waals surface area (Å²) >= 11 is 1.36. The van der Waals surface area contributed by atoms with Crippen LogP contribution in [0.5, 0.6) is 0 Å². The predicted molar refractivity (Wildman–Crippen MR) is 64.9 cm³/mol. The first-order valence-electron chi connectivity index (χ1n) is 5.02. The van der Waals surface area contributed by atoms with Gasteiger partial charge in [0.15, 0.2) is 11.5 Å². The van der Waals surface area contributed by atoms with Crippen LogP contribution < -0.4 is 0 Å². The number of hydrogen-bond donors (Lipinski definition) is 0. The topological polar surface area (TPSA) is 36.7 Å². The highest BCUT2D eigenvalue weighted by molar-refractivity contribution is 7.98. The summed E-state index contributed by atoms with van der Waals surface area (Å²) in [6, 6.07) is 13.1. The van der Waals surface area contributed by atoms with E-state index in [1.165, 1.54) is 18.0 Å². The Kier molecular flexibility index (Phi) is 3.73. The van der Waals surface area contributed by atoms with E-state index >= 15 is 0 Å². The average Bonchev–Trinajstić information content (AvgIpc) is 2.39. The molecule has 0 spiro atoms. The van der Waals surface area contributed by atoms with Gasteiger partial charge in [-0.25, -0.2) is 9.37 Å². The molecule has 0 unspecified atom stereocenters. The number of nitriles is 1. The van der Waals surface area contributed by atoms with Crippen molar-refractivity contribution >= 4 is 11.8 Å². The molecule has 0 bridgehead atoms. The Bertz CT molecular complexity index is 549. The molecular formula is C13H9FN2S. The van der Waals surface area contributed by atoms with Crippen molar-refractivity contribution in [2.24, 2.45) is 0 Å². The smallest absolute Gasteiger partial charge is 0.177 e. The molecule has 2 nitrogen and oxygen atoms in total. The van der Waals surface area contributed by atoms with Gasteiger partial charge in [0.2, 0.25) is 0 Å². The molecule has 2 rings (SSSR count). The Morgan fingerprint density at radius 1 is 1.24 bits per heavy atom. The van der Waals surface area contributed by atoms with Crippen LogP contribution in [0.1, 0.15) is 11.3 Å². The highest BCUT2D eigenvalue weighted by Crippen LogP contribution is 2.25. The van der Waals surface area contributed by atoms with E-state index in [1.807, 2.05) is 30.3 Å². The van der Waals surface area contributed by atoms with Gasteiger partial charge in [0.1, 0.15) is 6.07 Å². The van der Waals surface area contributed by atoms with E-state index in [1.54, 1.807) is 12.1 Å². The molecule has 0 aliphatic carbocycles. The zero-order valence-corrected chi connectivity index (χ0v) is 9.75. The maximum Gasteiger partial charge on any atom is 0.177 e. The molecule has 0 fully saturated rings. The Hall–Kier alpha value is -1.86. The van der Waals surface area contributed by atoms with Crippen molar-refractivity contribution in [3.05, 3.63) is 59.7 Å². The summed E-state index contributed by atoms with van der Waals surface area (Å²) < 4.78 is 13.7. The fourth-order valence-electron chi connectivity index (χ4n) is 1.35. The maximum absolute atomic E-state index is 13.7. The number of pyridine rings is 1. The van der Waals surface area contributed by atoms with Crippen molar-refractivity contribution < 1.29 is 4.39 Å².